The zero-order chi connectivity index (χ0) is 22.4. The lowest BCUT2D eigenvalue weighted by molar-refractivity contribution is 0.100. The van der Waals surface area contributed by atoms with Crippen LogP contribution in [0.4, 0.5) is 5.69 Å². The summed E-state index contributed by atoms with van der Waals surface area (Å²) < 4.78 is 27.1. The van der Waals surface area contributed by atoms with Crippen molar-refractivity contribution in [1.29, 1.82) is 0 Å². The summed E-state index contributed by atoms with van der Waals surface area (Å²) in [5, 5.41) is 2.68. The molecule has 31 heavy (non-hydrogen) atoms. The third-order valence-electron chi connectivity index (χ3n) is 4.75. The zero-order valence-corrected chi connectivity index (χ0v) is 17.8. The molecule has 0 saturated heterocycles. The van der Waals surface area contributed by atoms with Crippen LogP contribution in [0.5, 0.6) is 0 Å². The van der Waals surface area contributed by atoms with E-state index in [-0.39, 0.29) is 17.0 Å². The summed E-state index contributed by atoms with van der Waals surface area (Å²) in [5.41, 5.74) is 7.01. The Hall–Kier alpha value is -3.49. The van der Waals surface area contributed by atoms with Gasteiger partial charge in [0.2, 0.25) is 10.0 Å². The van der Waals surface area contributed by atoms with Crippen LogP contribution in [0.15, 0.2) is 83.8 Å². The maximum Gasteiger partial charge on any atom is 0.255 e. The van der Waals surface area contributed by atoms with Gasteiger partial charge in [0.1, 0.15) is 0 Å². The molecule has 3 aromatic carbocycles. The first kappa shape index (κ1) is 22.2. The molecule has 0 aliphatic carbocycles. The molecule has 160 valence electrons. The van der Waals surface area contributed by atoms with Gasteiger partial charge >= 0.3 is 0 Å². The number of carbonyl (C=O) groups excluding carboxylic acids is 2. The van der Waals surface area contributed by atoms with Crippen LogP contribution in [-0.4, -0.2) is 31.1 Å². The Balaban J connectivity index is 1.74. The molecular weight excluding hydrogens is 414 g/mol. The third-order valence-corrected chi connectivity index (χ3v) is 6.68. The lowest BCUT2D eigenvalue weighted by atomic mass is 10.1. The second-order valence-electron chi connectivity index (χ2n) is 6.81. The van der Waals surface area contributed by atoms with Crippen LogP contribution in [0.3, 0.4) is 0 Å². The molecule has 2 amide bonds. The lowest BCUT2D eigenvalue weighted by Gasteiger charge is -2.20. The SMILES string of the molecule is CCN(Cc1ccc(C(=O)Nc2ccccc2C(N)=O)cc1)S(=O)(=O)c1ccccc1. The Labute approximate surface area is 181 Å². The predicted molar refractivity (Wildman–Crippen MR) is 119 cm³/mol. The summed E-state index contributed by atoms with van der Waals surface area (Å²) in [6.07, 6.45) is 0. The minimum atomic E-state index is -3.62. The van der Waals surface area contributed by atoms with Gasteiger partial charge in [-0.3, -0.25) is 9.59 Å². The number of primary amides is 1. The summed E-state index contributed by atoms with van der Waals surface area (Å²) in [6, 6.07) is 21.4. The van der Waals surface area contributed by atoms with Crippen molar-refractivity contribution in [2.75, 3.05) is 11.9 Å². The summed E-state index contributed by atoms with van der Waals surface area (Å²) in [5.74, 6) is -1.03. The van der Waals surface area contributed by atoms with E-state index in [0.717, 1.165) is 5.56 Å². The second kappa shape index (κ2) is 9.55. The van der Waals surface area contributed by atoms with Crippen molar-refractivity contribution in [1.82, 2.24) is 4.31 Å². The molecule has 3 aromatic rings. The number of nitrogens with one attached hydrogen (secondary N) is 1. The number of anilines is 1. The molecular formula is C23H23N3O4S. The maximum atomic E-state index is 12.9. The highest BCUT2D eigenvalue weighted by Gasteiger charge is 2.23. The van der Waals surface area contributed by atoms with E-state index < -0.39 is 21.8 Å². The Morgan fingerprint density at radius 1 is 0.903 bits per heavy atom. The second-order valence-corrected chi connectivity index (χ2v) is 8.74. The van der Waals surface area contributed by atoms with Crippen LogP contribution in [0.1, 0.15) is 33.2 Å². The zero-order valence-electron chi connectivity index (χ0n) is 17.0. The normalized spacial score (nSPS) is 11.3. The van der Waals surface area contributed by atoms with Crippen LogP contribution in [0, 0.1) is 0 Å². The number of hydrogen-bond acceptors (Lipinski definition) is 4. The van der Waals surface area contributed by atoms with Crippen molar-refractivity contribution in [3.05, 3.63) is 95.6 Å². The van der Waals surface area contributed by atoms with Gasteiger partial charge in [-0.1, -0.05) is 49.4 Å². The van der Waals surface area contributed by atoms with Crippen molar-refractivity contribution in [3.63, 3.8) is 0 Å². The molecule has 7 nitrogen and oxygen atoms in total. The lowest BCUT2D eigenvalue weighted by Crippen LogP contribution is -2.30. The van der Waals surface area contributed by atoms with Gasteiger partial charge in [-0.2, -0.15) is 4.31 Å². The number of para-hydroxylation sites is 1. The number of benzene rings is 3. The number of nitrogens with zero attached hydrogens (tertiary/aromatic N) is 1. The summed E-state index contributed by atoms with van der Waals surface area (Å²) >= 11 is 0. The first-order chi connectivity index (χ1) is 14.8. The van der Waals surface area contributed by atoms with Crippen LogP contribution < -0.4 is 11.1 Å². The molecule has 0 fully saturated rings. The van der Waals surface area contributed by atoms with Crippen molar-refractivity contribution in [2.24, 2.45) is 5.73 Å². The van der Waals surface area contributed by atoms with Gasteiger partial charge < -0.3 is 11.1 Å². The molecule has 0 radical (unpaired) electrons. The molecule has 0 aliphatic heterocycles. The molecule has 0 saturated carbocycles. The largest absolute Gasteiger partial charge is 0.366 e. The smallest absolute Gasteiger partial charge is 0.255 e. The van der Waals surface area contributed by atoms with Gasteiger partial charge in [-0.05, 0) is 42.0 Å². The minimum absolute atomic E-state index is 0.181. The fraction of sp³-hybridized carbons (Fsp3) is 0.130. The molecule has 3 rings (SSSR count). The van der Waals surface area contributed by atoms with Gasteiger partial charge in [0.15, 0.2) is 0 Å². The highest BCUT2D eigenvalue weighted by atomic mass is 32.2. The number of hydrogen-bond donors (Lipinski definition) is 2. The molecule has 3 N–H and O–H groups in total. The standard InChI is InChI=1S/C23H23N3O4S/c1-2-26(31(29,30)19-8-4-3-5-9-19)16-17-12-14-18(15-13-17)23(28)25-21-11-7-6-10-20(21)22(24)27/h3-15H,2,16H2,1H3,(H2,24,27)(H,25,28). The van der Waals surface area contributed by atoms with E-state index in [2.05, 4.69) is 5.32 Å². The Morgan fingerprint density at radius 2 is 1.52 bits per heavy atom. The number of amides is 2. The van der Waals surface area contributed by atoms with Gasteiger partial charge in [0.25, 0.3) is 11.8 Å². The Kier molecular flexibility index (Phi) is 6.84. The summed E-state index contributed by atoms with van der Waals surface area (Å²) in [7, 11) is -3.62. The third kappa shape index (κ3) is 5.17. The fourth-order valence-corrected chi connectivity index (χ4v) is 4.53. The van der Waals surface area contributed by atoms with Crippen molar-refractivity contribution in [2.45, 2.75) is 18.4 Å². The highest BCUT2D eigenvalue weighted by Crippen LogP contribution is 2.19. The molecule has 0 bridgehead atoms. The van der Waals surface area contributed by atoms with Gasteiger partial charge in [0.05, 0.1) is 16.1 Å². The van der Waals surface area contributed by atoms with Crippen LogP contribution in [-0.2, 0) is 16.6 Å². The van der Waals surface area contributed by atoms with E-state index in [9.17, 15) is 18.0 Å². The van der Waals surface area contributed by atoms with E-state index in [1.807, 2.05) is 0 Å². The molecule has 0 aliphatic rings. The average Bonchev–Trinajstić information content (AvgIpc) is 2.78. The molecule has 0 aromatic heterocycles. The van der Waals surface area contributed by atoms with Gasteiger partial charge in [-0.25, -0.2) is 8.42 Å². The maximum absolute atomic E-state index is 12.9. The van der Waals surface area contributed by atoms with E-state index in [0.29, 0.717) is 17.8 Å². The van der Waals surface area contributed by atoms with Gasteiger partial charge in [-0.15, -0.1) is 0 Å². The molecule has 0 spiro atoms. The van der Waals surface area contributed by atoms with Crippen molar-refractivity contribution < 1.29 is 18.0 Å². The highest BCUT2D eigenvalue weighted by molar-refractivity contribution is 7.89. The topological polar surface area (TPSA) is 110 Å². The average molecular weight is 438 g/mol. The summed E-state index contributed by atoms with van der Waals surface area (Å²) in [6.45, 7) is 2.27. The van der Waals surface area contributed by atoms with Crippen molar-refractivity contribution >= 4 is 27.5 Å². The van der Waals surface area contributed by atoms with Crippen LogP contribution in [0.2, 0.25) is 0 Å². The fourth-order valence-electron chi connectivity index (χ4n) is 3.07. The molecule has 0 atom stereocenters. The predicted octanol–water partition coefficient (Wildman–Crippen LogP) is 3.25. The van der Waals surface area contributed by atoms with E-state index in [4.69, 9.17) is 5.73 Å². The van der Waals surface area contributed by atoms with E-state index in [1.54, 1.807) is 79.7 Å². The molecule has 0 unspecified atom stereocenters. The number of carbonyl (C=O) groups is 2. The van der Waals surface area contributed by atoms with Crippen LogP contribution >= 0.6 is 0 Å². The van der Waals surface area contributed by atoms with Gasteiger partial charge in [0, 0.05) is 18.7 Å². The van der Waals surface area contributed by atoms with Crippen molar-refractivity contribution in [3.8, 4) is 0 Å². The number of nitrogens with two attached hydrogens (primary N) is 1. The van der Waals surface area contributed by atoms with E-state index in [1.165, 1.54) is 10.4 Å². The minimum Gasteiger partial charge on any atom is -0.366 e. The monoisotopic (exact) mass is 437 g/mol. The first-order valence-corrected chi connectivity index (χ1v) is 11.1. The molecule has 0 heterocycles. The quantitative estimate of drug-likeness (QED) is 0.564. The van der Waals surface area contributed by atoms with Crippen LogP contribution in [0.25, 0.3) is 0 Å². The molecule has 8 heteroatoms. The Bertz CT molecular complexity index is 1180. The van der Waals surface area contributed by atoms with E-state index >= 15 is 0 Å². The number of sulfonamides is 1. The first-order valence-electron chi connectivity index (χ1n) is 9.67. The number of rotatable bonds is 8. The Morgan fingerprint density at radius 3 is 2.13 bits per heavy atom. The summed E-state index contributed by atoms with van der Waals surface area (Å²) in [4.78, 5) is 24.3.